The van der Waals surface area contributed by atoms with Crippen LogP contribution in [0.25, 0.3) is 11.4 Å². The first-order chi connectivity index (χ1) is 12.0. The number of nitrogens with one attached hydrogen (secondary N) is 2. The fraction of sp³-hybridized carbons (Fsp3) is 0.118. The zero-order valence-corrected chi connectivity index (χ0v) is 13.2. The number of nitrogens with zero attached hydrogens (tertiary/aromatic N) is 2. The molecule has 0 aliphatic heterocycles. The lowest BCUT2D eigenvalue weighted by Crippen LogP contribution is -2.13. The van der Waals surface area contributed by atoms with Gasteiger partial charge in [0.15, 0.2) is 5.82 Å². The average molecular weight is 344 g/mol. The van der Waals surface area contributed by atoms with Crippen LogP contribution in [0.2, 0.25) is 0 Å². The van der Waals surface area contributed by atoms with Gasteiger partial charge in [0.25, 0.3) is 5.91 Å². The molecule has 0 fully saturated rings. The highest BCUT2D eigenvalue weighted by Gasteiger charge is 2.12. The van der Waals surface area contributed by atoms with E-state index in [1.165, 1.54) is 24.3 Å². The molecule has 6 nitrogen and oxygen atoms in total. The molecule has 0 spiro atoms. The van der Waals surface area contributed by atoms with E-state index in [1.54, 1.807) is 0 Å². The molecule has 2 aromatic carbocycles. The van der Waals surface area contributed by atoms with Gasteiger partial charge in [-0.25, -0.2) is 0 Å². The molecule has 0 radical (unpaired) electrons. The van der Waals surface area contributed by atoms with Crippen LogP contribution in [0.1, 0.15) is 15.9 Å². The number of benzene rings is 2. The van der Waals surface area contributed by atoms with Crippen molar-refractivity contribution in [2.45, 2.75) is 13.5 Å². The topological polar surface area (TPSA) is 79.9 Å². The molecule has 0 aliphatic rings. The van der Waals surface area contributed by atoms with E-state index in [9.17, 15) is 13.6 Å². The summed E-state index contributed by atoms with van der Waals surface area (Å²) in [4.78, 5) is 16.4. The van der Waals surface area contributed by atoms with Crippen molar-refractivity contribution in [2.75, 3.05) is 5.32 Å². The Labute approximate surface area is 141 Å². The molecule has 3 aromatic rings. The minimum absolute atomic E-state index is 0.0221. The lowest BCUT2D eigenvalue weighted by molar-refractivity contribution is -0.0498. The normalized spacial score (nSPS) is 10.7. The van der Waals surface area contributed by atoms with E-state index in [0.717, 1.165) is 11.1 Å². The van der Waals surface area contributed by atoms with Gasteiger partial charge in [-0.15, -0.1) is 5.10 Å². The molecule has 1 amide bonds. The van der Waals surface area contributed by atoms with Crippen LogP contribution in [0.4, 0.5) is 14.7 Å². The number of rotatable bonds is 5. The van der Waals surface area contributed by atoms with Crippen LogP contribution in [0.3, 0.4) is 0 Å². The van der Waals surface area contributed by atoms with Crippen LogP contribution in [0.5, 0.6) is 5.75 Å². The zero-order valence-electron chi connectivity index (χ0n) is 13.2. The van der Waals surface area contributed by atoms with Gasteiger partial charge in [-0.1, -0.05) is 29.8 Å². The molecule has 0 aliphatic carbocycles. The molecule has 0 saturated heterocycles. The third kappa shape index (κ3) is 4.17. The molecule has 25 heavy (non-hydrogen) atoms. The summed E-state index contributed by atoms with van der Waals surface area (Å²) in [6, 6.07) is 13.0. The van der Waals surface area contributed by atoms with Crippen LogP contribution < -0.4 is 10.1 Å². The summed E-state index contributed by atoms with van der Waals surface area (Å²) in [5.74, 6) is 0.161. The van der Waals surface area contributed by atoms with Crippen LogP contribution in [0.15, 0.2) is 48.5 Å². The molecule has 8 heteroatoms. The van der Waals surface area contributed by atoms with Gasteiger partial charge in [0.05, 0.1) is 0 Å². The Morgan fingerprint density at radius 3 is 2.44 bits per heavy atom. The van der Waals surface area contributed by atoms with Gasteiger partial charge in [0.1, 0.15) is 5.75 Å². The standard InChI is InChI=1S/C17H14F2N4O2/c1-10-2-4-11(5-3-10)14-20-17(23-22-14)21-15(24)12-6-8-13(9-7-12)25-16(18)19/h2-9,16H,1H3,(H2,20,21,22,23,24). The number of amides is 1. The first-order valence-electron chi connectivity index (χ1n) is 7.37. The molecular weight excluding hydrogens is 330 g/mol. The number of halogens is 2. The fourth-order valence-electron chi connectivity index (χ4n) is 2.12. The van der Waals surface area contributed by atoms with Crippen LogP contribution in [-0.2, 0) is 0 Å². The average Bonchev–Trinajstić information content (AvgIpc) is 3.04. The van der Waals surface area contributed by atoms with E-state index in [-0.39, 0.29) is 17.3 Å². The molecule has 0 bridgehead atoms. The second-order valence-electron chi connectivity index (χ2n) is 5.23. The lowest BCUT2D eigenvalue weighted by Gasteiger charge is -2.05. The monoisotopic (exact) mass is 344 g/mol. The molecule has 0 atom stereocenters. The highest BCUT2D eigenvalue weighted by molar-refractivity contribution is 6.03. The summed E-state index contributed by atoms with van der Waals surface area (Å²) in [6.45, 7) is -0.930. The number of aromatic amines is 1. The molecule has 1 aromatic heterocycles. The molecule has 1 heterocycles. The Balaban J connectivity index is 1.68. The predicted octanol–water partition coefficient (Wildman–Crippen LogP) is 3.63. The van der Waals surface area contributed by atoms with E-state index < -0.39 is 12.5 Å². The molecule has 128 valence electrons. The number of carbonyl (C=O) groups excluding carboxylic acids is 1. The van der Waals surface area contributed by atoms with E-state index in [2.05, 4.69) is 25.2 Å². The summed E-state index contributed by atoms with van der Waals surface area (Å²) in [7, 11) is 0. The molecular formula is C17H14F2N4O2. The van der Waals surface area contributed by atoms with Crippen molar-refractivity contribution in [1.29, 1.82) is 0 Å². The fourth-order valence-corrected chi connectivity index (χ4v) is 2.12. The second-order valence-corrected chi connectivity index (χ2v) is 5.23. The Kier molecular flexibility index (Phi) is 4.69. The lowest BCUT2D eigenvalue weighted by atomic mass is 10.1. The Hall–Kier alpha value is -3.29. The summed E-state index contributed by atoms with van der Waals surface area (Å²) >= 11 is 0. The van der Waals surface area contributed by atoms with Gasteiger partial charge in [-0.2, -0.15) is 13.8 Å². The van der Waals surface area contributed by atoms with Crippen molar-refractivity contribution >= 4 is 11.9 Å². The number of aryl methyl sites for hydroxylation is 1. The van der Waals surface area contributed by atoms with E-state index in [1.807, 2.05) is 31.2 Å². The maximum absolute atomic E-state index is 12.1. The van der Waals surface area contributed by atoms with Crippen LogP contribution in [-0.4, -0.2) is 27.7 Å². The van der Waals surface area contributed by atoms with Crippen molar-refractivity contribution in [3.63, 3.8) is 0 Å². The summed E-state index contributed by atoms with van der Waals surface area (Å²) in [5, 5.41) is 9.23. The second kappa shape index (κ2) is 7.08. The predicted molar refractivity (Wildman–Crippen MR) is 87.6 cm³/mol. The highest BCUT2D eigenvalue weighted by atomic mass is 19.3. The molecule has 0 unspecified atom stereocenters. The van der Waals surface area contributed by atoms with Gasteiger partial charge < -0.3 is 4.74 Å². The minimum Gasteiger partial charge on any atom is -0.435 e. The van der Waals surface area contributed by atoms with Crippen molar-refractivity contribution in [3.8, 4) is 17.1 Å². The third-order valence-corrected chi connectivity index (χ3v) is 3.38. The van der Waals surface area contributed by atoms with Crippen molar-refractivity contribution < 1.29 is 18.3 Å². The Morgan fingerprint density at radius 1 is 1.12 bits per heavy atom. The van der Waals surface area contributed by atoms with Gasteiger partial charge in [-0.3, -0.25) is 15.2 Å². The maximum atomic E-state index is 12.1. The van der Waals surface area contributed by atoms with Gasteiger partial charge in [0, 0.05) is 11.1 Å². The van der Waals surface area contributed by atoms with Crippen LogP contribution in [0, 0.1) is 6.92 Å². The molecule has 2 N–H and O–H groups in total. The number of hydrogen-bond donors (Lipinski definition) is 2. The Morgan fingerprint density at radius 2 is 1.80 bits per heavy atom. The number of anilines is 1. The number of hydrogen-bond acceptors (Lipinski definition) is 4. The van der Waals surface area contributed by atoms with E-state index >= 15 is 0 Å². The maximum Gasteiger partial charge on any atom is 0.387 e. The highest BCUT2D eigenvalue weighted by Crippen LogP contribution is 2.18. The number of H-pyrrole nitrogens is 1. The molecule has 3 rings (SSSR count). The quantitative estimate of drug-likeness (QED) is 0.741. The molecule has 0 saturated carbocycles. The number of carbonyl (C=O) groups is 1. The van der Waals surface area contributed by atoms with E-state index in [0.29, 0.717) is 5.82 Å². The number of ether oxygens (including phenoxy) is 1. The summed E-state index contributed by atoms with van der Waals surface area (Å²) < 4.78 is 28.5. The SMILES string of the molecule is Cc1ccc(-c2nc(NC(=O)c3ccc(OC(F)F)cc3)n[nH]2)cc1. The van der Waals surface area contributed by atoms with Crippen molar-refractivity contribution in [3.05, 3.63) is 59.7 Å². The number of aromatic nitrogens is 3. The van der Waals surface area contributed by atoms with Gasteiger partial charge >= 0.3 is 6.61 Å². The van der Waals surface area contributed by atoms with E-state index in [4.69, 9.17) is 0 Å². The van der Waals surface area contributed by atoms with Crippen molar-refractivity contribution in [1.82, 2.24) is 15.2 Å². The summed E-state index contributed by atoms with van der Waals surface area (Å²) in [6.07, 6.45) is 0. The minimum atomic E-state index is -2.91. The largest absolute Gasteiger partial charge is 0.435 e. The zero-order chi connectivity index (χ0) is 17.8. The van der Waals surface area contributed by atoms with Crippen molar-refractivity contribution in [2.24, 2.45) is 0 Å². The Bertz CT molecular complexity index is 861. The first-order valence-corrected chi connectivity index (χ1v) is 7.37. The smallest absolute Gasteiger partial charge is 0.387 e. The summed E-state index contributed by atoms with van der Waals surface area (Å²) in [5.41, 5.74) is 2.23. The third-order valence-electron chi connectivity index (χ3n) is 3.38. The number of alkyl halides is 2. The van der Waals surface area contributed by atoms with Crippen LogP contribution >= 0.6 is 0 Å². The van der Waals surface area contributed by atoms with Gasteiger partial charge in [-0.05, 0) is 31.2 Å². The van der Waals surface area contributed by atoms with Gasteiger partial charge in [0.2, 0.25) is 5.95 Å². The first kappa shape index (κ1) is 16.6.